The zero-order chi connectivity index (χ0) is 16.4. The van der Waals surface area contributed by atoms with Crippen LogP contribution in [-0.2, 0) is 0 Å². The number of aryl methyl sites for hydroxylation is 2. The van der Waals surface area contributed by atoms with E-state index in [0.29, 0.717) is 22.0 Å². The minimum atomic E-state index is -0.340. The van der Waals surface area contributed by atoms with E-state index in [1.54, 1.807) is 13.0 Å². The first-order chi connectivity index (χ1) is 11.0. The molecule has 0 aliphatic carbocycles. The maximum absolute atomic E-state index is 11.9. The van der Waals surface area contributed by atoms with Crippen molar-refractivity contribution in [3.8, 4) is 0 Å². The van der Waals surface area contributed by atoms with Crippen molar-refractivity contribution in [3.63, 3.8) is 0 Å². The van der Waals surface area contributed by atoms with Crippen molar-refractivity contribution in [3.05, 3.63) is 64.2 Å². The van der Waals surface area contributed by atoms with Crippen molar-refractivity contribution >= 4 is 34.6 Å². The van der Waals surface area contributed by atoms with Crippen LogP contribution in [0.25, 0.3) is 10.9 Å². The van der Waals surface area contributed by atoms with Crippen LogP contribution >= 0.6 is 11.6 Å². The first-order valence-corrected chi connectivity index (χ1v) is 7.37. The van der Waals surface area contributed by atoms with Gasteiger partial charge in [0.2, 0.25) is 0 Å². The topological polar surface area (TPSA) is 67.5 Å². The van der Waals surface area contributed by atoms with Gasteiger partial charge in [-0.2, -0.15) is 5.10 Å². The number of aromatic nitrogens is 1. The van der Waals surface area contributed by atoms with E-state index in [1.807, 2.05) is 31.2 Å². The highest BCUT2D eigenvalue weighted by atomic mass is 35.5. The number of pyridine rings is 1. The molecule has 0 aliphatic rings. The molecular weight excluding hydrogens is 314 g/mol. The third-order valence-corrected chi connectivity index (χ3v) is 3.73. The van der Waals surface area contributed by atoms with Gasteiger partial charge >= 0.3 is 0 Å². The van der Waals surface area contributed by atoms with Gasteiger partial charge < -0.3 is 4.42 Å². The highest BCUT2D eigenvalue weighted by Gasteiger charge is 2.10. The lowest BCUT2D eigenvalue weighted by molar-refractivity contribution is 0.0953. The number of halogens is 1. The SMILES string of the molecule is Cc1ccc2cc(/C=N\NC(=O)c3ccoc3C)c(Cl)nc2c1. The molecule has 0 unspecified atom stereocenters. The van der Waals surface area contributed by atoms with Gasteiger partial charge in [0.25, 0.3) is 5.91 Å². The Hall–Kier alpha value is -2.66. The smallest absolute Gasteiger partial charge is 0.274 e. The largest absolute Gasteiger partial charge is 0.469 e. The molecule has 0 aliphatic heterocycles. The van der Waals surface area contributed by atoms with E-state index in [9.17, 15) is 4.79 Å². The summed E-state index contributed by atoms with van der Waals surface area (Å²) in [6.45, 7) is 3.71. The van der Waals surface area contributed by atoms with Gasteiger partial charge in [0.05, 0.1) is 23.6 Å². The van der Waals surface area contributed by atoms with Crippen molar-refractivity contribution in [2.24, 2.45) is 5.10 Å². The molecule has 3 aromatic rings. The van der Waals surface area contributed by atoms with Crippen LogP contribution in [0.4, 0.5) is 0 Å². The number of nitrogens with zero attached hydrogens (tertiary/aromatic N) is 2. The van der Waals surface area contributed by atoms with E-state index in [4.69, 9.17) is 16.0 Å². The standard InChI is InChI=1S/C17H14ClN3O2/c1-10-3-4-12-8-13(16(18)20-15(12)7-10)9-19-21-17(22)14-5-6-23-11(14)2/h3-9H,1-2H3,(H,21,22)/b19-9-. The Labute approximate surface area is 138 Å². The summed E-state index contributed by atoms with van der Waals surface area (Å²) in [4.78, 5) is 16.3. The molecule has 0 radical (unpaired) electrons. The van der Waals surface area contributed by atoms with Crippen LogP contribution in [0.15, 0.2) is 46.1 Å². The third kappa shape index (κ3) is 3.24. The van der Waals surface area contributed by atoms with Crippen LogP contribution in [0, 0.1) is 13.8 Å². The second-order valence-electron chi connectivity index (χ2n) is 5.15. The molecule has 116 valence electrons. The first-order valence-electron chi connectivity index (χ1n) is 6.99. The predicted molar refractivity (Wildman–Crippen MR) is 90.0 cm³/mol. The lowest BCUT2D eigenvalue weighted by Crippen LogP contribution is -2.17. The molecule has 0 bridgehead atoms. The molecule has 0 saturated heterocycles. The van der Waals surface area contributed by atoms with Crippen LogP contribution in [0.2, 0.25) is 5.15 Å². The van der Waals surface area contributed by atoms with Gasteiger partial charge in [-0.3, -0.25) is 4.79 Å². The van der Waals surface area contributed by atoms with Crippen LogP contribution < -0.4 is 5.43 Å². The number of hydrogen-bond donors (Lipinski definition) is 1. The fourth-order valence-corrected chi connectivity index (χ4v) is 2.40. The summed E-state index contributed by atoms with van der Waals surface area (Å²) in [6.07, 6.45) is 2.93. The first kappa shape index (κ1) is 15.2. The molecule has 0 spiro atoms. The van der Waals surface area contributed by atoms with Gasteiger partial charge in [-0.1, -0.05) is 23.7 Å². The number of rotatable bonds is 3. The maximum Gasteiger partial charge on any atom is 0.274 e. The zero-order valence-corrected chi connectivity index (χ0v) is 13.4. The van der Waals surface area contributed by atoms with Crippen LogP contribution in [0.3, 0.4) is 0 Å². The molecule has 6 heteroatoms. The number of hydrogen-bond acceptors (Lipinski definition) is 4. The van der Waals surface area contributed by atoms with Crippen molar-refractivity contribution in [1.82, 2.24) is 10.4 Å². The van der Waals surface area contributed by atoms with Gasteiger partial charge in [-0.25, -0.2) is 10.4 Å². The van der Waals surface area contributed by atoms with Gasteiger partial charge in [-0.15, -0.1) is 0 Å². The molecule has 2 aromatic heterocycles. The Balaban J connectivity index is 1.81. The number of carbonyl (C=O) groups excluding carboxylic acids is 1. The molecular formula is C17H14ClN3O2. The normalized spacial score (nSPS) is 11.3. The van der Waals surface area contributed by atoms with Gasteiger partial charge in [0.15, 0.2) is 0 Å². The molecule has 3 rings (SSSR count). The lowest BCUT2D eigenvalue weighted by Gasteiger charge is -2.03. The number of nitrogens with one attached hydrogen (secondary N) is 1. The van der Waals surface area contributed by atoms with Gasteiger partial charge in [0.1, 0.15) is 10.9 Å². The Morgan fingerprint density at radius 3 is 2.87 bits per heavy atom. The number of fused-ring (bicyclic) bond motifs is 1. The molecule has 1 amide bonds. The van der Waals surface area contributed by atoms with E-state index in [0.717, 1.165) is 16.5 Å². The predicted octanol–water partition coefficient (Wildman–Crippen LogP) is 3.86. The molecule has 1 aromatic carbocycles. The number of furan rings is 1. The maximum atomic E-state index is 11.9. The Morgan fingerprint density at radius 2 is 2.13 bits per heavy atom. The monoisotopic (exact) mass is 327 g/mol. The summed E-state index contributed by atoms with van der Waals surface area (Å²) in [5.74, 6) is 0.200. The zero-order valence-electron chi connectivity index (χ0n) is 12.6. The van der Waals surface area contributed by atoms with Crippen molar-refractivity contribution in [2.45, 2.75) is 13.8 Å². The summed E-state index contributed by atoms with van der Waals surface area (Å²) >= 11 is 6.17. The second-order valence-corrected chi connectivity index (χ2v) is 5.51. The minimum Gasteiger partial charge on any atom is -0.469 e. The van der Waals surface area contributed by atoms with E-state index >= 15 is 0 Å². The summed E-state index contributed by atoms with van der Waals surface area (Å²) in [6, 6.07) is 9.41. The highest BCUT2D eigenvalue weighted by molar-refractivity contribution is 6.32. The molecule has 0 fully saturated rings. The Kier molecular flexibility index (Phi) is 4.12. The number of benzene rings is 1. The minimum absolute atomic E-state index is 0.334. The van der Waals surface area contributed by atoms with Crippen LogP contribution in [0.1, 0.15) is 27.2 Å². The molecule has 5 nitrogen and oxygen atoms in total. The van der Waals surface area contributed by atoms with Gasteiger partial charge in [0, 0.05) is 10.9 Å². The number of carbonyl (C=O) groups is 1. The molecule has 0 atom stereocenters. The molecule has 23 heavy (non-hydrogen) atoms. The van der Waals surface area contributed by atoms with Crippen LogP contribution in [-0.4, -0.2) is 17.1 Å². The fraction of sp³-hybridized carbons (Fsp3) is 0.118. The molecule has 0 saturated carbocycles. The Bertz CT molecular complexity index is 915. The van der Waals surface area contributed by atoms with E-state index in [-0.39, 0.29) is 5.91 Å². The van der Waals surface area contributed by atoms with Crippen molar-refractivity contribution in [1.29, 1.82) is 0 Å². The molecule has 2 heterocycles. The van der Waals surface area contributed by atoms with Crippen molar-refractivity contribution in [2.75, 3.05) is 0 Å². The molecule has 1 N–H and O–H groups in total. The number of amides is 1. The van der Waals surface area contributed by atoms with E-state index < -0.39 is 0 Å². The lowest BCUT2D eigenvalue weighted by atomic mass is 10.1. The summed E-state index contributed by atoms with van der Waals surface area (Å²) in [5, 5.41) is 5.22. The fourth-order valence-electron chi connectivity index (χ4n) is 2.20. The summed E-state index contributed by atoms with van der Waals surface area (Å²) < 4.78 is 5.08. The Morgan fingerprint density at radius 1 is 1.30 bits per heavy atom. The van der Waals surface area contributed by atoms with Crippen LogP contribution in [0.5, 0.6) is 0 Å². The quantitative estimate of drug-likeness (QED) is 0.451. The highest BCUT2D eigenvalue weighted by Crippen LogP contribution is 2.20. The third-order valence-electron chi connectivity index (χ3n) is 3.43. The average molecular weight is 328 g/mol. The second kappa shape index (κ2) is 6.22. The summed E-state index contributed by atoms with van der Waals surface area (Å²) in [7, 11) is 0. The van der Waals surface area contributed by atoms with Crippen molar-refractivity contribution < 1.29 is 9.21 Å². The average Bonchev–Trinajstić information content (AvgIpc) is 2.94. The van der Waals surface area contributed by atoms with Gasteiger partial charge in [-0.05, 0) is 37.6 Å². The summed E-state index contributed by atoms with van der Waals surface area (Å²) in [5.41, 5.74) is 5.46. The van der Waals surface area contributed by atoms with E-state index in [2.05, 4.69) is 15.5 Å². The number of hydrazone groups is 1. The van der Waals surface area contributed by atoms with E-state index in [1.165, 1.54) is 12.5 Å².